The van der Waals surface area contributed by atoms with Gasteiger partial charge in [-0.05, 0) is 68.8 Å². The number of nitrogens with zero attached hydrogens (tertiary/aromatic N) is 2. The predicted molar refractivity (Wildman–Crippen MR) is 157 cm³/mol. The zero-order valence-corrected chi connectivity index (χ0v) is 24.9. The Kier molecular flexibility index (Phi) is 10.7. The zero-order valence-electron chi connectivity index (χ0n) is 21.8. The smallest absolute Gasteiger partial charge is 0.264 e. The van der Waals surface area contributed by atoms with E-state index in [2.05, 4.69) is 5.32 Å². The molecule has 0 radical (unpaired) electrons. The van der Waals surface area contributed by atoms with Gasteiger partial charge in [-0.1, -0.05) is 65.5 Å². The third-order valence-corrected chi connectivity index (χ3v) is 8.86. The van der Waals surface area contributed by atoms with Crippen LogP contribution in [-0.4, -0.2) is 44.3 Å². The average Bonchev–Trinajstić information content (AvgIpc) is 2.90. The Morgan fingerprint density at radius 2 is 1.51 bits per heavy atom. The molecule has 0 bridgehead atoms. The van der Waals surface area contributed by atoms with E-state index in [1.165, 1.54) is 29.2 Å². The molecule has 0 spiro atoms. The molecule has 1 atom stereocenters. The van der Waals surface area contributed by atoms with E-state index in [-0.39, 0.29) is 23.0 Å². The highest BCUT2D eigenvalue weighted by Gasteiger charge is 2.33. The van der Waals surface area contributed by atoms with Crippen molar-refractivity contribution in [2.75, 3.05) is 17.4 Å². The minimum absolute atomic E-state index is 0.0188. The summed E-state index contributed by atoms with van der Waals surface area (Å²) in [5.74, 6) is -0.997. The number of anilines is 1. The van der Waals surface area contributed by atoms with Crippen LogP contribution < -0.4 is 9.62 Å². The van der Waals surface area contributed by atoms with Crippen LogP contribution in [0.3, 0.4) is 0 Å². The Labute approximate surface area is 244 Å². The van der Waals surface area contributed by atoms with Gasteiger partial charge in [0.05, 0.1) is 10.6 Å². The summed E-state index contributed by atoms with van der Waals surface area (Å²) in [7, 11) is -4.17. The first-order chi connectivity index (χ1) is 18.4. The number of amides is 2. The van der Waals surface area contributed by atoms with Gasteiger partial charge in [0.25, 0.3) is 10.0 Å². The maximum absolute atomic E-state index is 13.9. The normalized spacial score (nSPS) is 12.1. The molecule has 0 saturated heterocycles. The number of aryl methyl sites for hydroxylation is 1. The summed E-state index contributed by atoms with van der Waals surface area (Å²) in [6.07, 6.45) is 0.710. The van der Waals surface area contributed by atoms with E-state index in [1.54, 1.807) is 49.4 Å². The maximum atomic E-state index is 13.9. The van der Waals surface area contributed by atoms with Gasteiger partial charge in [0.2, 0.25) is 11.8 Å². The lowest BCUT2D eigenvalue weighted by atomic mass is 10.1. The summed E-state index contributed by atoms with van der Waals surface area (Å²) < 4.78 is 28.6. The van der Waals surface area contributed by atoms with E-state index >= 15 is 0 Å². The van der Waals surface area contributed by atoms with E-state index < -0.39 is 28.5 Å². The SMILES string of the molecule is CCCNC(=O)[C@H](C)N(Cc1c(Cl)cccc1Cl)C(=O)CN(c1ccc(Cl)cc1)S(=O)(=O)c1ccc(C)cc1. The third-order valence-electron chi connectivity index (χ3n) is 6.11. The van der Waals surface area contributed by atoms with Crippen molar-refractivity contribution < 1.29 is 18.0 Å². The highest BCUT2D eigenvalue weighted by molar-refractivity contribution is 7.92. The molecule has 11 heteroatoms. The second-order valence-corrected chi connectivity index (χ2v) is 12.1. The van der Waals surface area contributed by atoms with Crippen LogP contribution in [-0.2, 0) is 26.2 Å². The van der Waals surface area contributed by atoms with Gasteiger partial charge in [-0.15, -0.1) is 0 Å². The van der Waals surface area contributed by atoms with Gasteiger partial charge in [-0.3, -0.25) is 13.9 Å². The summed E-state index contributed by atoms with van der Waals surface area (Å²) in [6.45, 7) is 5.09. The number of carbonyl (C=O) groups excluding carboxylic acids is 2. The van der Waals surface area contributed by atoms with Gasteiger partial charge in [0, 0.05) is 33.7 Å². The lowest BCUT2D eigenvalue weighted by Gasteiger charge is -2.32. The topological polar surface area (TPSA) is 86.8 Å². The fourth-order valence-corrected chi connectivity index (χ4v) is 5.86. The molecule has 0 aliphatic carbocycles. The van der Waals surface area contributed by atoms with Gasteiger partial charge < -0.3 is 10.2 Å². The van der Waals surface area contributed by atoms with Gasteiger partial charge in [-0.25, -0.2) is 8.42 Å². The quantitative estimate of drug-likeness (QED) is 0.285. The molecule has 39 heavy (non-hydrogen) atoms. The molecular formula is C28H30Cl3N3O4S. The fourth-order valence-electron chi connectivity index (χ4n) is 3.81. The molecule has 0 saturated carbocycles. The first-order valence-corrected chi connectivity index (χ1v) is 14.9. The molecule has 0 aliphatic heterocycles. The number of nitrogens with one attached hydrogen (secondary N) is 1. The van der Waals surface area contributed by atoms with Gasteiger partial charge in [-0.2, -0.15) is 0 Å². The third kappa shape index (κ3) is 7.66. The number of halogens is 3. The van der Waals surface area contributed by atoms with Crippen LogP contribution >= 0.6 is 34.8 Å². The predicted octanol–water partition coefficient (Wildman–Crippen LogP) is 6.09. The van der Waals surface area contributed by atoms with E-state index in [9.17, 15) is 18.0 Å². The van der Waals surface area contributed by atoms with E-state index in [4.69, 9.17) is 34.8 Å². The second kappa shape index (κ2) is 13.5. The molecule has 3 rings (SSSR count). The van der Waals surface area contributed by atoms with E-state index in [0.29, 0.717) is 33.6 Å². The number of sulfonamides is 1. The van der Waals surface area contributed by atoms with Crippen LogP contribution in [0, 0.1) is 6.92 Å². The molecule has 0 fully saturated rings. The van der Waals surface area contributed by atoms with Gasteiger partial charge in [0.15, 0.2) is 0 Å². The number of hydrogen-bond acceptors (Lipinski definition) is 4. The highest BCUT2D eigenvalue weighted by atomic mass is 35.5. The molecule has 0 unspecified atom stereocenters. The lowest BCUT2D eigenvalue weighted by molar-refractivity contribution is -0.139. The summed E-state index contributed by atoms with van der Waals surface area (Å²) in [6, 6.07) is 16.5. The molecule has 3 aromatic carbocycles. The monoisotopic (exact) mass is 609 g/mol. The van der Waals surface area contributed by atoms with E-state index in [1.807, 2.05) is 13.8 Å². The number of carbonyl (C=O) groups is 2. The first-order valence-electron chi connectivity index (χ1n) is 12.3. The molecule has 0 aromatic heterocycles. The molecule has 3 aromatic rings. The van der Waals surface area contributed by atoms with Gasteiger partial charge in [0.1, 0.15) is 12.6 Å². The van der Waals surface area contributed by atoms with Crippen LogP contribution in [0.5, 0.6) is 0 Å². The summed E-state index contributed by atoms with van der Waals surface area (Å²) in [4.78, 5) is 28.1. The maximum Gasteiger partial charge on any atom is 0.264 e. The van der Waals surface area contributed by atoms with Crippen molar-refractivity contribution in [1.29, 1.82) is 0 Å². The molecule has 208 valence electrons. The Morgan fingerprint density at radius 1 is 0.923 bits per heavy atom. The molecule has 7 nitrogen and oxygen atoms in total. The van der Waals surface area contributed by atoms with Crippen LogP contribution in [0.25, 0.3) is 0 Å². The largest absolute Gasteiger partial charge is 0.354 e. The highest BCUT2D eigenvalue weighted by Crippen LogP contribution is 2.29. The summed E-state index contributed by atoms with van der Waals surface area (Å²) >= 11 is 18.8. The van der Waals surface area contributed by atoms with Crippen molar-refractivity contribution in [3.8, 4) is 0 Å². The van der Waals surface area contributed by atoms with Crippen molar-refractivity contribution in [3.63, 3.8) is 0 Å². The Bertz CT molecular complexity index is 1390. The summed E-state index contributed by atoms with van der Waals surface area (Å²) in [5, 5.41) is 3.85. The van der Waals surface area contributed by atoms with Crippen molar-refractivity contribution in [2.45, 2.75) is 44.7 Å². The molecular weight excluding hydrogens is 581 g/mol. The van der Waals surface area contributed by atoms with Gasteiger partial charge >= 0.3 is 0 Å². The summed E-state index contributed by atoms with van der Waals surface area (Å²) in [5.41, 5.74) is 1.58. The lowest BCUT2D eigenvalue weighted by Crippen LogP contribution is -2.51. The Hall–Kier alpha value is -2.78. The Balaban J connectivity index is 2.05. The van der Waals surface area contributed by atoms with Crippen LogP contribution in [0.2, 0.25) is 15.1 Å². The van der Waals surface area contributed by atoms with Crippen molar-refractivity contribution in [3.05, 3.63) is 92.9 Å². The van der Waals surface area contributed by atoms with Crippen LogP contribution in [0.1, 0.15) is 31.4 Å². The van der Waals surface area contributed by atoms with Crippen molar-refractivity contribution in [2.24, 2.45) is 0 Å². The molecule has 0 aliphatic rings. The number of hydrogen-bond donors (Lipinski definition) is 1. The van der Waals surface area contributed by atoms with Crippen LogP contribution in [0.15, 0.2) is 71.6 Å². The first kappa shape index (κ1) is 30.8. The van der Waals surface area contributed by atoms with Crippen LogP contribution in [0.4, 0.5) is 5.69 Å². The second-order valence-electron chi connectivity index (χ2n) is 8.99. The van der Waals surface area contributed by atoms with Crippen molar-refractivity contribution in [1.82, 2.24) is 10.2 Å². The fraction of sp³-hybridized carbons (Fsp3) is 0.286. The Morgan fingerprint density at radius 3 is 2.08 bits per heavy atom. The minimum atomic E-state index is -4.17. The molecule has 2 amide bonds. The zero-order chi connectivity index (χ0) is 28.7. The molecule has 0 heterocycles. The molecule has 1 N–H and O–H groups in total. The number of rotatable bonds is 11. The van der Waals surface area contributed by atoms with Crippen molar-refractivity contribution >= 4 is 62.3 Å². The number of benzene rings is 3. The van der Waals surface area contributed by atoms with E-state index in [0.717, 1.165) is 9.87 Å². The standard InChI is InChI=1S/C28H30Cl3N3O4S/c1-4-16-32-28(36)20(3)33(17-24-25(30)6-5-7-26(24)31)27(35)18-34(22-12-10-21(29)11-13-22)39(37,38)23-14-8-19(2)9-15-23/h5-15,20H,4,16-18H2,1-3H3,(H,32,36)/t20-/m0/s1. The average molecular weight is 611 g/mol. The minimum Gasteiger partial charge on any atom is -0.354 e.